The zero-order valence-corrected chi connectivity index (χ0v) is 18.8. The van der Waals surface area contributed by atoms with Crippen molar-refractivity contribution in [2.24, 2.45) is 5.41 Å². The Hall–Kier alpha value is -2.68. The molecule has 2 aliphatic rings. The Morgan fingerprint density at radius 2 is 1.80 bits per heavy atom. The summed E-state index contributed by atoms with van der Waals surface area (Å²) in [6.07, 6.45) is 3.17. The van der Waals surface area contributed by atoms with Gasteiger partial charge in [-0.3, -0.25) is 4.79 Å². The van der Waals surface area contributed by atoms with Crippen molar-refractivity contribution >= 4 is 23.5 Å². The third-order valence-electron chi connectivity index (χ3n) is 5.50. The van der Waals surface area contributed by atoms with Gasteiger partial charge in [0.2, 0.25) is 16.9 Å². The number of aromatic nitrogens is 3. The second kappa shape index (κ2) is 7.54. The molecule has 0 fully saturated rings. The number of ketones is 1. The van der Waals surface area contributed by atoms with Crippen LogP contribution in [0.25, 0.3) is 0 Å². The average molecular weight is 431 g/mol. The number of carbonyl (C=O) groups excluding carboxylic acids is 1. The molecule has 0 bridgehead atoms. The number of thioether (sulfide) groups is 1. The Morgan fingerprint density at radius 3 is 2.37 bits per heavy atom. The number of carbonyl (C=O) groups is 1. The van der Waals surface area contributed by atoms with Crippen molar-refractivity contribution in [1.29, 1.82) is 0 Å². The molecule has 30 heavy (non-hydrogen) atoms. The van der Waals surface area contributed by atoms with Gasteiger partial charge in [0.15, 0.2) is 17.3 Å². The minimum Gasteiger partial charge on any atom is -0.493 e. The molecule has 2 heterocycles. The molecule has 9 heteroatoms. The van der Waals surface area contributed by atoms with Gasteiger partial charge in [-0.2, -0.15) is 4.98 Å². The van der Waals surface area contributed by atoms with Crippen LogP contribution in [0.5, 0.6) is 17.2 Å². The third kappa shape index (κ3) is 3.30. The van der Waals surface area contributed by atoms with Crippen molar-refractivity contribution in [3.8, 4) is 17.2 Å². The second-order valence-electron chi connectivity index (χ2n) is 8.19. The minimum atomic E-state index is -0.429. The van der Waals surface area contributed by atoms with Crippen LogP contribution in [0, 0.1) is 5.41 Å². The Kier molecular flexibility index (Phi) is 5.17. The van der Waals surface area contributed by atoms with Crippen LogP contribution >= 0.6 is 11.8 Å². The minimum absolute atomic E-state index is 0.111. The lowest BCUT2D eigenvalue weighted by Crippen LogP contribution is -2.36. The number of rotatable bonds is 5. The summed E-state index contributed by atoms with van der Waals surface area (Å²) in [5.74, 6) is 2.30. The Labute approximate surface area is 180 Å². The van der Waals surface area contributed by atoms with E-state index in [1.807, 2.05) is 18.4 Å². The van der Waals surface area contributed by atoms with E-state index in [0.717, 1.165) is 17.7 Å². The Balaban J connectivity index is 1.95. The number of Topliss-reactive ketones (excluding diaryl/α,β-unsaturated/α-hetero) is 1. The predicted octanol–water partition coefficient (Wildman–Crippen LogP) is 3.68. The second-order valence-corrected chi connectivity index (χ2v) is 8.96. The van der Waals surface area contributed by atoms with Crippen molar-refractivity contribution < 1.29 is 19.0 Å². The molecule has 1 aromatic carbocycles. The van der Waals surface area contributed by atoms with Gasteiger partial charge in [0.25, 0.3) is 0 Å². The van der Waals surface area contributed by atoms with Gasteiger partial charge < -0.3 is 19.5 Å². The maximum atomic E-state index is 13.3. The van der Waals surface area contributed by atoms with E-state index in [4.69, 9.17) is 14.2 Å². The molecule has 2 aromatic rings. The van der Waals surface area contributed by atoms with Crippen LogP contribution in [0.4, 0.5) is 5.95 Å². The fourth-order valence-electron chi connectivity index (χ4n) is 4.24. The standard InChI is InChI=1S/C21H26N4O4S/c1-21(2)9-12-16(13(26)10-21)17(25-19(22-12)23-20(24-25)30-6)11-7-14(27-3)18(29-5)15(8-11)28-4/h7-8,17H,9-10H2,1-6H3,(H,22,23,24)/t17-/m0/s1. The van der Waals surface area contributed by atoms with Gasteiger partial charge in [-0.15, -0.1) is 5.10 Å². The molecule has 1 aromatic heterocycles. The van der Waals surface area contributed by atoms with Crippen molar-refractivity contribution in [2.45, 2.75) is 37.9 Å². The van der Waals surface area contributed by atoms with Gasteiger partial charge in [0, 0.05) is 17.7 Å². The summed E-state index contributed by atoms with van der Waals surface area (Å²) in [5.41, 5.74) is 2.33. The molecule has 1 atom stereocenters. The highest BCUT2D eigenvalue weighted by atomic mass is 32.2. The van der Waals surface area contributed by atoms with Crippen molar-refractivity contribution in [3.05, 3.63) is 29.0 Å². The van der Waals surface area contributed by atoms with Crippen LogP contribution in [-0.4, -0.2) is 48.1 Å². The van der Waals surface area contributed by atoms with Crippen LogP contribution in [0.2, 0.25) is 0 Å². The number of methoxy groups -OCH3 is 3. The molecule has 0 spiro atoms. The van der Waals surface area contributed by atoms with E-state index in [2.05, 4.69) is 29.2 Å². The Bertz CT molecular complexity index is 1020. The van der Waals surface area contributed by atoms with Crippen molar-refractivity contribution in [3.63, 3.8) is 0 Å². The number of hydrogen-bond donors (Lipinski definition) is 1. The molecule has 0 amide bonds. The van der Waals surface area contributed by atoms with Crippen LogP contribution in [0.15, 0.2) is 28.6 Å². The largest absolute Gasteiger partial charge is 0.493 e. The van der Waals surface area contributed by atoms with Gasteiger partial charge in [-0.1, -0.05) is 25.6 Å². The van der Waals surface area contributed by atoms with Gasteiger partial charge >= 0.3 is 0 Å². The first-order valence-corrected chi connectivity index (χ1v) is 10.9. The van der Waals surface area contributed by atoms with E-state index in [-0.39, 0.29) is 11.2 Å². The van der Waals surface area contributed by atoms with Gasteiger partial charge in [-0.05, 0) is 35.8 Å². The maximum Gasteiger partial charge on any atom is 0.227 e. The quantitative estimate of drug-likeness (QED) is 0.719. The molecular formula is C21H26N4O4S. The first kappa shape index (κ1) is 20.6. The first-order chi connectivity index (χ1) is 14.3. The van der Waals surface area contributed by atoms with Gasteiger partial charge in [0.05, 0.1) is 21.3 Å². The first-order valence-electron chi connectivity index (χ1n) is 9.65. The number of ether oxygens (including phenoxy) is 3. The molecule has 0 unspecified atom stereocenters. The summed E-state index contributed by atoms with van der Waals surface area (Å²) in [6, 6.07) is 3.32. The summed E-state index contributed by atoms with van der Waals surface area (Å²) < 4.78 is 18.3. The highest BCUT2D eigenvalue weighted by molar-refractivity contribution is 7.98. The predicted molar refractivity (Wildman–Crippen MR) is 115 cm³/mol. The SMILES string of the molecule is COc1cc([C@H]2C3=C(CC(C)(C)CC3=O)Nc3nc(SC)nn32)cc(OC)c1OC. The number of fused-ring (bicyclic) bond motifs is 1. The number of hydrogen-bond acceptors (Lipinski definition) is 8. The lowest BCUT2D eigenvalue weighted by Gasteiger charge is -2.38. The molecule has 0 radical (unpaired) electrons. The molecule has 1 N–H and O–H groups in total. The fourth-order valence-corrected chi connectivity index (χ4v) is 4.59. The number of benzene rings is 1. The van der Waals surface area contributed by atoms with Crippen LogP contribution < -0.4 is 19.5 Å². The Morgan fingerprint density at radius 1 is 1.13 bits per heavy atom. The summed E-state index contributed by atoms with van der Waals surface area (Å²) in [5, 5.41) is 8.66. The third-order valence-corrected chi connectivity index (χ3v) is 6.04. The monoisotopic (exact) mass is 430 g/mol. The van der Waals surface area contributed by atoms with E-state index in [1.165, 1.54) is 11.8 Å². The van der Waals surface area contributed by atoms with E-state index in [9.17, 15) is 4.79 Å². The molecule has 0 saturated carbocycles. The molecule has 0 saturated heterocycles. The molecule has 8 nitrogen and oxygen atoms in total. The van der Waals surface area contributed by atoms with E-state index in [1.54, 1.807) is 26.0 Å². The normalized spacial score (nSPS) is 19.7. The summed E-state index contributed by atoms with van der Waals surface area (Å²) in [4.78, 5) is 17.9. The fraction of sp³-hybridized carbons (Fsp3) is 0.476. The number of allylic oxidation sites excluding steroid dienone is 2. The topological polar surface area (TPSA) is 87.5 Å². The highest BCUT2D eigenvalue weighted by Crippen LogP contribution is 2.48. The smallest absolute Gasteiger partial charge is 0.227 e. The maximum absolute atomic E-state index is 13.3. The zero-order valence-electron chi connectivity index (χ0n) is 18.0. The highest BCUT2D eigenvalue weighted by Gasteiger charge is 2.42. The summed E-state index contributed by atoms with van der Waals surface area (Å²) >= 11 is 1.46. The van der Waals surface area contributed by atoms with Crippen LogP contribution in [0.1, 0.15) is 38.3 Å². The number of anilines is 1. The summed E-state index contributed by atoms with van der Waals surface area (Å²) in [6.45, 7) is 4.22. The van der Waals surface area contributed by atoms with Gasteiger partial charge in [0.1, 0.15) is 6.04 Å². The molecule has 4 rings (SSSR count). The van der Waals surface area contributed by atoms with E-state index < -0.39 is 6.04 Å². The number of nitrogens with one attached hydrogen (secondary N) is 1. The van der Waals surface area contributed by atoms with Crippen molar-refractivity contribution in [1.82, 2.24) is 14.8 Å². The van der Waals surface area contributed by atoms with Gasteiger partial charge in [-0.25, -0.2) is 4.68 Å². The van der Waals surface area contributed by atoms with E-state index >= 15 is 0 Å². The molecular weight excluding hydrogens is 404 g/mol. The van der Waals surface area contributed by atoms with Crippen molar-refractivity contribution in [2.75, 3.05) is 32.9 Å². The van der Waals surface area contributed by atoms with Crippen LogP contribution in [-0.2, 0) is 4.79 Å². The number of nitrogens with zero attached hydrogens (tertiary/aromatic N) is 3. The zero-order chi connectivity index (χ0) is 21.6. The lowest BCUT2D eigenvalue weighted by molar-refractivity contribution is -0.118. The molecule has 1 aliphatic heterocycles. The molecule has 160 valence electrons. The average Bonchev–Trinajstić information content (AvgIpc) is 3.12. The lowest BCUT2D eigenvalue weighted by atomic mass is 9.73. The summed E-state index contributed by atoms with van der Waals surface area (Å²) in [7, 11) is 4.72. The molecule has 1 aliphatic carbocycles. The van der Waals surface area contributed by atoms with Crippen LogP contribution in [0.3, 0.4) is 0 Å². The van der Waals surface area contributed by atoms with E-state index in [0.29, 0.717) is 40.3 Å².